The van der Waals surface area contributed by atoms with E-state index in [0.29, 0.717) is 11.6 Å². The number of carbonyl (C=O) groups excluding carboxylic acids is 1. The fourth-order valence-electron chi connectivity index (χ4n) is 3.89. The summed E-state index contributed by atoms with van der Waals surface area (Å²) in [5.41, 5.74) is 0.888. The minimum absolute atomic E-state index is 0.00893. The number of aromatic nitrogens is 2. The lowest BCUT2D eigenvalue weighted by molar-refractivity contribution is -0.121. The predicted octanol–water partition coefficient (Wildman–Crippen LogP) is 3.17. The number of amides is 1. The van der Waals surface area contributed by atoms with Gasteiger partial charge >= 0.3 is 0 Å². The van der Waals surface area contributed by atoms with Gasteiger partial charge in [0.2, 0.25) is 5.91 Å². The van der Waals surface area contributed by atoms with Crippen molar-refractivity contribution in [2.45, 2.75) is 33.2 Å². The molecule has 0 unspecified atom stereocenters. The zero-order valence-corrected chi connectivity index (χ0v) is 15.8. The molecule has 0 radical (unpaired) electrons. The van der Waals surface area contributed by atoms with Gasteiger partial charge in [0, 0.05) is 25.0 Å². The molecule has 1 aromatic carbocycles. The third-order valence-electron chi connectivity index (χ3n) is 4.85. The van der Waals surface area contributed by atoms with E-state index in [2.05, 4.69) is 29.2 Å². The predicted molar refractivity (Wildman–Crippen MR) is 102 cm³/mol. The largest absolute Gasteiger partial charge is 0.354 e. The van der Waals surface area contributed by atoms with Crippen LogP contribution in [0.25, 0.3) is 10.9 Å². The van der Waals surface area contributed by atoms with Crippen LogP contribution in [0.2, 0.25) is 5.02 Å². The molecule has 2 atom stereocenters. The zero-order valence-electron chi connectivity index (χ0n) is 15.0. The molecule has 1 aliphatic rings. The lowest BCUT2D eigenvalue weighted by Crippen LogP contribution is -2.40. The Labute approximate surface area is 154 Å². The lowest BCUT2D eigenvalue weighted by atomic mass is 9.92. The second-order valence-corrected chi connectivity index (χ2v) is 7.79. The van der Waals surface area contributed by atoms with Gasteiger partial charge < -0.3 is 10.2 Å². The van der Waals surface area contributed by atoms with Crippen molar-refractivity contribution in [1.82, 2.24) is 20.0 Å². The Bertz CT molecular complexity index is 719. The summed E-state index contributed by atoms with van der Waals surface area (Å²) in [6, 6.07) is 5.64. The van der Waals surface area contributed by atoms with E-state index in [4.69, 9.17) is 11.6 Å². The maximum atomic E-state index is 12.2. The van der Waals surface area contributed by atoms with Crippen LogP contribution in [0.15, 0.2) is 24.4 Å². The molecule has 2 aromatic rings. The van der Waals surface area contributed by atoms with Crippen LogP contribution in [0.1, 0.15) is 26.7 Å². The summed E-state index contributed by atoms with van der Waals surface area (Å²) in [7, 11) is 0. The molecule has 1 fully saturated rings. The van der Waals surface area contributed by atoms with Crippen molar-refractivity contribution in [2.75, 3.05) is 26.2 Å². The third-order valence-corrected chi connectivity index (χ3v) is 5.17. The van der Waals surface area contributed by atoms with Gasteiger partial charge in [-0.15, -0.1) is 0 Å². The molecule has 5 nitrogen and oxygen atoms in total. The lowest BCUT2D eigenvalue weighted by Gasteiger charge is -2.34. The van der Waals surface area contributed by atoms with E-state index in [1.165, 1.54) is 19.5 Å². The number of benzene rings is 1. The molecule has 0 aliphatic carbocycles. The first-order valence-electron chi connectivity index (χ1n) is 9.12. The number of fused-ring (bicyclic) bond motifs is 1. The van der Waals surface area contributed by atoms with Gasteiger partial charge in [-0.2, -0.15) is 5.10 Å². The average Bonchev–Trinajstić information content (AvgIpc) is 2.95. The van der Waals surface area contributed by atoms with Gasteiger partial charge in [-0.1, -0.05) is 31.5 Å². The van der Waals surface area contributed by atoms with Crippen LogP contribution in [0.4, 0.5) is 0 Å². The molecule has 1 saturated heterocycles. The Morgan fingerprint density at radius 1 is 1.32 bits per heavy atom. The molecule has 2 heterocycles. The van der Waals surface area contributed by atoms with E-state index in [1.807, 2.05) is 18.2 Å². The van der Waals surface area contributed by atoms with E-state index >= 15 is 0 Å². The topological polar surface area (TPSA) is 50.2 Å². The number of piperidine rings is 1. The van der Waals surface area contributed by atoms with Crippen LogP contribution in [-0.4, -0.2) is 46.8 Å². The minimum atomic E-state index is -0.00893. The fraction of sp³-hybridized carbons (Fsp3) is 0.579. The molecular formula is C19H27ClN4O. The highest BCUT2D eigenvalue weighted by atomic mass is 35.5. The van der Waals surface area contributed by atoms with Crippen LogP contribution >= 0.6 is 11.6 Å². The van der Waals surface area contributed by atoms with E-state index in [1.54, 1.807) is 10.9 Å². The van der Waals surface area contributed by atoms with Crippen molar-refractivity contribution in [2.24, 2.45) is 11.8 Å². The molecule has 1 aromatic heterocycles. The van der Waals surface area contributed by atoms with E-state index in [9.17, 15) is 4.79 Å². The molecule has 3 rings (SSSR count). The van der Waals surface area contributed by atoms with Gasteiger partial charge in [-0.05, 0) is 43.4 Å². The monoisotopic (exact) mass is 362 g/mol. The summed E-state index contributed by atoms with van der Waals surface area (Å²) >= 11 is 6.15. The van der Waals surface area contributed by atoms with Crippen LogP contribution in [0.3, 0.4) is 0 Å². The molecule has 1 amide bonds. The molecule has 1 aliphatic heterocycles. The second kappa shape index (κ2) is 8.19. The number of hydrogen-bond donors (Lipinski definition) is 1. The number of hydrogen-bond acceptors (Lipinski definition) is 3. The summed E-state index contributed by atoms with van der Waals surface area (Å²) in [6.45, 7) is 8.99. The SMILES string of the molecule is C[C@@H]1C[C@H](C)CN(CCCNC(=O)Cn2ncc3c(Cl)cccc32)C1. The summed E-state index contributed by atoms with van der Waals surface area (Å²) < 4.78 is 1.70. The summed E-state index contributed by atoms with van der Waals surface area (Å²) in [6.07, 6.45) is 4.02. The third kappa shape index (κ3) is 4.73. The highest BCUT2D eigenvalue weighted by molar-refractivity contribution is 6.35. The first-order chi connectivity index (χ1) is 12.0. The summed E-state index contributed by atoms with van der Waals surface area (Å²) in [4.78, 5) is 14.7. The normalized spacial score (nSPS) is 21.6. The van der Waals surface area contributed by atoms with Crippen molar-refractivity contribution < 1.29 is 4.79 Å². The molecule has 0 bridgehead atoms. The van der Waals surface area contributed by atoms with Gasteiger partial charge in [0.15, 0.2) is 0 Å². The van der Waals surface area contributed by atoms with Crippen LogP contribution in [0, 0.1) is 11.8 Å². The number of rotatable bonds is 6. The number of nitrogens with one attached hydrogen (secondary N) is 1. The van der Waals surface area contributed by atoms with Crippen molar-refractivity contribution in [3.63, 3.8) is 0 Å². The van der Waals surface area contributed by atoms with Gasteiger partial charge in [0.25, 0.3) is 0 Å². The quantitative estimate of drug-likeness (QED) is 0.803. The van der Waals surface area contributed by atoms with E-state index in [-0.39, 0.29) is 12.5 Å². The molecule has 136 valence electrons. The van der Waals surface area contributed by atoms with E-state index in [0.717, 1.165) is 35.7 Å². The van der Waals surface area contributed by atoms with Gasteiger partial charge in [0.05, 0.1) is 16.7 Å². The highest BCUT2D eigenvalue weighted by Crippen LogP contribution is 2.22. The van der Waals surface area contributed by atoms with Crippen LogP contribution in [0.5, 0.6) is 0 Å². The molecule has 0 spiro atoms. The number of carbonyl (C=O) groups is 1. The Morgan fingerprint density at radius 3 is 2.84 bits per heavy atom. The van der Waals surface area contributed by atoms with Crippen molar-refractivity contribution in [3.05, 3.63) is 29.4 Å². The van der Waals surface area contributed by atoms with Gasteiger partial charge in [-0.3, -0.25) is 9.48 Å². The number of halogens is 1. The smallest absolute Gasteiger partial charge is 0.241 e. The molecule has 1 N–H and O–H groups in total. The fourth-order valence-corrected chi connectivity index (χ4v) is 4.11. The second-order valence-electron chi connectivity index (χ2n) is 7.38. The van der Waals surface area contributed by atoms with Crippen LogP contribution in [-0.2, 0) is 11.3 Å². The zero-order chi connectivity index (χ0) is 17.8. The highest BCUT2D eigenvalue weighted by Gasteiger charge is 2.21. The molecule has 25 heavy (non-hydrogen) atoms. The van der Waals surface area contributed by atoms with Crippen molar-refractivity contribution in [3.8, 4) is 0 Å². The first-order valence-corrected chi connectivity index (χ1v) is 9.50. The maximum Gasteiger partial charge on any atom is 0.241 e. The Hall–Kier alpha value is -1.59. The van der Waals surface area contributed by atoms with E-state index < -0.39 is 0 Å². The first kappa shape index (κ1) is 18.2. The van der Waals surface area contributed by atoms with Crippen LogP contribution < -0.4 is 5.32 Å². The van der Waals surface area contributed by atoms with Gasteiger partial charge in [-0.25, -0.2) is 0 Å². The minimum Gasteiger partial charge on any atom is -0.354 e. The molecule has 6 heteroatoms. The molecule has 0 saturated carbocycles. The number of likely N-dealkylation sites (tertiary alicyclic amines) is 1. The standard InChI is InChI=1S/C19H27ClN4O/c1-14-9-15(2)12-23(11-14)8-4-7-21-19(25)13-24-18-6-3-5-17(20)16(18)10-22-24/h3,5-6,10,14-15H,4,7-9,11-13H2,1-2H3,(H,21,25)/t14-,15+. The summed E-state index contributed by atoms with van der Waals surface area (Å²) in [5, 5.41) is 8.82. The average molecular weight is 363 g/mol. The number of nitrogens with zero attached hydrogens (tertiary/aromatic N) is 3. The summed E-state index contributed by atoms with van der Waals surface area (Å²) in [5.74, 6) is 1.54. The Morgan fingerprint density at radius 2 is 2.08 bits per heavy atom. The van der Waals surface area contributed by atoms with Gasteiger partial charge in [0.1, 0.15) is 6.54 Å². The maximum absolute atomic E-state index is 12.2. The molecular weight excluding hydrogens is 336 g/mol. The Balaban J connectivity index is 1.43. The van der Waals surface area contributed by atoms with Crippen molar-refractivity contribution in [1.29, 1.82) is 0 Å². The Kier molecular flexibility index (Phi) is 5.97. The van der Waals surface area contributed by atoms with Crippen molar-refractivity contribution >= 4 is 28.4 Å².